The van der Waals surface area contributed by atoms with Gasteiger partial charge in [-0.2, -0.15) is 0 Å². The van der Waals surface area contributed by atoms with Gasteiger partial charge in [0.05, 0.1) is 6.20 Å². The number of aromatic nitrogens is 1. The largest absolute Gasteiger partial charge is 0.445 e. The number of hydrogen-bond donors (Lipinski definition) is 0. The van der Waals surface area contributed by atoms with Gasteiger partial charge in [0, 0.05) is 0 Å². The molecule has 1 rings (SSSR count). The molecule has 0 bridgehead atoms. The van der Waals surface area contributed by atoms with Crippen molar-refractivity contribution in [1.29, 1.82) is 0 Å². The first-order valence-corrected chi connectivity index (χ1v) is 3.37. The Hall–Kier alpha value is -1.05. The van der Waals surface area contributed by atoms with Crippen LogP contribution >= 0.6 is 0 Å². The predicted molar refractivity (Wildman–Crippen MR) is 40.4 cm³/mol. The highest BCUT2D eigenvalue weighted by Crippen LogP contribution is 2.01. The highest BCUT2D eigenvalue weighted by atomic mass is 16.3. The minimum absolute atomic E-state index is 0.548. The summed E-state index contributed by atoms with van der Waals surface area (Å²) in [5.74, 6) is 1.22. The average molecular weight is 137 g/mol. The third-order valence-electron chi connectivity index (χ3n) is 1.08. The highest BCUT2D eigenvalue weighted by Gasteiger charge is 1.89. The van der Waals surface area contributed by atoms with Crippen LogP contribution in [0.2, 0.25) is 0 Å². The molecule has 0 saturated heterocycles. The zero-order valence-corrected chi connectivity index (χ0v) is 6.24. The molecule has 0 fully saturated rings. The van der Waals surface area contributed by atoms with E-state index in [1.807, 2.05) is 12.2 Å². The van der Waals surface area contributed by atoms with Crippen molar-refractivity contribution in [2.75, 3.05) is 0 Å². The van der Waals surface area contributed by atoms with Crippen LogP contribution in [0.1, 0.15) is 19.7 Å². The van der Waals surface area contributed by atoms with Gasteiger partial charge < -0.3 is 4.42 Å². The molecule has 1 aromatic heterocycles. The fraction of sp³-hybridized carbons (Fsp3) is 0.375. The smallest absolute Gasteiger partial charge is 0.218 e. The molecule has 0 N–H and O–H groups in total. The number of hydrogen-bond acceptors (Lipinski definition) is 2. The van der Waals surface area contributed by atoms with E-state index in [2.05, 4.69) is 18.8 Å². The normalized spacial score (nSPS) is 11.5. The number of rotatable bonds is 2. The second kappa shape index (κ2) is 3.20. The molecule has 0 radical (unpaired) electrons. The van der Waals surface area contributed by atoms with E-state index >= 15 is 0 Å². The summed E-state index contributed by atoms with van der Waals surface area (Å²) in [7, 11) is 0. The van der Waals surface area contributed by atoms with Gasteiger partial charge in [-0.1, -0.05) is 19.9 Å². The molecule has 54 valence electrons. The van der Waals surface area contributed by atoms with Gasteiger partial charge in [-0.15, -0.1) is 0 Å². The van der Waals surface area contributed by atoms with E-state index in [4.69, 9.17) is 4.42 Å². The van der Waals surface area contributed by atoms with E-state index in [0.717, 1.165) is 0 Å². The molecule has 0 unspecified atom stereocenters. The molecule has 2 nitrogen and oxygen atoms in total. The van der Waals surface area contributed by atoms with E-state index in [0.29, 0.717) is 11.8 Å². The molecule has 0 aromatic carbocycles. The number of allylic oxidation sites excluding steroid dienone is 1. The minimum atomic E-state index is 0.548. The minimum Gasteiger partial charge on any atom is -0.445 e. The van der Waals surface area contributed by atoms with Crippen LogP contribution in [0.15, 0.2) is 23.0 Å². The van der Waals surface area contributed by atoms with Gasteiger partial charge >= 0.3 is 0 Å². The average Bonchev–Trinajstić information content (AvgIpc) is 2.34. The van der Waals surface area contributed by atoms with Crippen LogP contribution in [0.5, 0.6) is 0 Å². The van der Waals surface area contributed by atoms with Gasteiger partial charge in [0.1, 0.15) is 6.26 Å². The quantitative estimate of drug-likeness (QED) is 0.625. The standard InChI is InChI=1S/C8H11NO/c1-7(2)3-4-8-9-5-6-10-8/h3-7H,1-2H3/b4-3+. The van der Waals surface area contributed by atoms with Crippen molar-refractivity contribution in [1.82, 2.24) is 4.98 Å². The van der Waals surface area contributed by atoms with Crippen LogP contribution in [0.4, 0.5) is 0 Å². The summed E-state index contributed by atoms with van der Waals surface area (Å²) in [5, 5.41) is 0. The van der Waals surface area contributed by atoms with Crippen molar-refractivity contribution >= 4 is 6.08 Å². The molecule has 0 saturated carbocycles. The molecule has 0 atom stereocenters. The van der Waals surface area contributed by atoms with E-state index in [9.17, 15) is 0 Å². The van der Waals surface area contributed by atoms with Gasteiger partial charge in [-0.3, -0.25) is 0 Å². The van der Waals surface area contributed by atoms with Crippen molar-refractivity contribution in [3.63, 3.8) is 0 Å². The van der Waals surface area contributed by atoms with Crippen LogP contribution < -0.4 is 0 Å². The molecule has 0 spiro atoms. The lowest BCUT2D eigenvalue weighted by Gasteiger charge is -1.89. The molecule has 0 aliphatic carbocycles. The molecule has 0 amide bonds. The lowest BCUT2D eigenvalue weighted by atomic mass is 10.2. The van der Waals surface area contributed by atoms with Gasteiger partial charge in [0.15, 0.2) is 0 Å². The maximum absolute atomic E-state index is 4.99. The summed E-state index contributed by atoms with van der Waals surface area (Å²) >= 11 is 0. The van der Waals surface area contributed by atoms with E-state index < -0.39 is 0 Å². The van der Waals surface area contributed by atoms with Crippen molar-refractivity contribution in [3.05, 3.63) is 24.4 Å². The molecule has 1 aromatic rings. The third kappa shape index (κ3) is 2.05. The molecular formula is C8H11NO. The van der Waals surface area contributed by atoms with E-state index in [-0.39, 0.29) is 0 Å². The van der Waals surface area contributed by atoms with Gasteiger partial charge in [0.25, 0.3) is 0 Å². The number of nitrogens with zero attached hydrogens (tertiary/aromatic N) is 1. The first-order chi connectivity index (χ1) is 4.79. The fourth-order valence-electron chi connectivity index (χ4n) is 0.592. The molecule has 0 aliphatic rings. The Morgan fingerprint density at radius 1 is 1.60 bits per heavy atom. The topological polar surface area (TPSA) is 26.0 Å². The Kier molecular flexibility index (Phi) is 2.26. The second-order valence-electron chi connectivity index (χ2n) is 2.47. The fourth-order valence-corrected chi connectivity index (χ4v) is 0.592. The molecule has 2 heteroatoms. The van der Waals surface area contributed by atoms with Crippen LogP contribution in [0.3, 0.4) is 0 Å². The Balaban J connectivity index is 2.55. The molecule has 10 heavy (non-hydrogen) atoms. The molecule has 0 aliphatic heterocycles. The van der Waals surface area contributed by atoms with Gasteiger partial charge in [-0.05, 0) is 12.0 Å². The first kappa shape index (κ1) is 7.06. The Morgan fingerprint density at radius 2 is 2.40 bits per heavy atom. The summed E-state index contributed by atoms with van der Waals surface area (Å²) in [4.78, 5) is 3.93. The maximum Gasteiger partial charge on any atom is 0.218 e. The third-order valence-corrected chi connectivity index (χ3v) is 1.08. The van der Waals surface area contributed by atoms with Crippen LogP contribution in [-0.4, -0.2) is 4.98 Å². The first-order valence-electron chi connectivity index (χ1n) is 3.37. The van der Waals surface area contributed by atoms with Crippen LogP contribution in [0.25, 0.3) is 6.08 Å². The van der Waals surface area contributed by atoms with E-state index in [1.54, 1.807) is 12.5 Å². The SMILES string of the molecule is CC(C)/C=C/c1ncco1. The second-order valence-corrected chi connectivity index (χ2v) is 2.47. The van der Waals surface area contributed by atoms with Crippen molar-refractivity contribution in [2.24, 2.45) is 5.92 Å². The lowest BCUT2D eigenvalue weighted by Crippen LogP contribution is -1.76. The Bertz CT molecular complexity index is 199. The summed E-state index contributed by atoms with van der Waals surface area (Å²) in [5.41, 5.74) is 0. The summed E-state index contributed by atoms with van der Waals surface area (Å²) < 4.78 is 4.99. The Morgan fingerprint density at radius 3 is 2.90 bits per heavy atom. The monoisotopic (exact) mass is 137 g/mol. The summed E-state index contributed by atoms with van der Waals surface area (Å²) in [6.45, 7) is 4.22. The zero-order chi connectivity index (χ0) is 7.40. The van der Waals surface area contributed by atoms with Crippen LogP contribution in [-0.2, 0) is 0 Å². The summed E-state index contributed by atoms with van der Waals surface area (Å²) in [6, 6.07) is 0. The van der Waals surface area contributed by atoms with Crippen molar-refractivity contribution in [3.8, 4) is 0 Å². The highest BCUT2D eigenvalue weighted by molar-refractivity contribution is 5.37. The van der Waals surface area contributed by atoms with E-state index in [1.165, 1.54) is 0 Å². The van der Waals surface area contributed by atoms with Gasteiger partial charge in [-0.25, -0.2) is 4.98 Å². The summed E-state index contributed by atoms with van der Waals surface area (Å²) in [6.07, 6.45) is 7.14. The van der Waals surface area contributed by atoms with Gasteiger partial charge in [0.2, 0.25) is 5.89 Å². The Labute approximate surface area is 60.6 Å². The lowest BCUT2D eigenvalue weighted by molar-refractivity contribution is 0.546. The molecule has 1 heterocycles. The zero-order valence-electron chi connectivity index (χ0n) is 6.24. The molecular weight excluding hydrogens is 126 g/mol. The van der Waals surface area contributed by atoms with Crippen molar-refractivity contribution < 1.29 is 4.42 Å². The maximum atomic E-state index is 4.99. The predicted octanol–water partition coefficient (Wildman–Crippen LogP) is 2.34. The van der Waals surface area contributed by atoms with Crippen LogP contribution in [0, 0.1) is 5.92 Å². The number of oxazole rings is 1. The van der Waals surface area contributed by atoms with Crippen molar-refractivity contribution in [2.45, 2.75) is 13.8 Å².